The third kappa shape index (κ3) is 5.52. The Hall–Kier alpha value is -4.99. The molecule has 4 aromatic rings. The number of anilines is 1. The molecule has 6 rings (SSSR count). The summed E-state index contributed by atoms with van der Waals surface area (Å²) in [5.41, 5.74) is 2.74. The lowest BCUT2D eigenvalue weighted by molar-refractivity contribution is -0.139. The molecule has 9 heteroatoms. The highest BCUT2D eigenvalue weighted by molar-refractivity contribution is 6.07. The molecule has 0 saturated carbocycles. The summed E-state index contributed by atoms with van der Waals surface area (Å²) in [6, 6.07) is 25.5. The number of carbonyl (C=O) groups excluding carboxylic acids is 2. The second kappa shape index (κ2) is 12.8. The van der Waals surface area contributed by atoms with E-state index in [0.717, 1.165) is 16.7 Å². The molecule has 0 fully saturated rings. The maximum Gasteiger partial charge on any atom is 0.297 e. The van der Waals surface area contributed by atoms with Gasteiger partial charge in [0.15, 0.2) is 11.4 Å². The van der Waals surface area contributed by atoms with Gasteiger partial charge in [-0.2, -0.15) is 0 Å². The third-order valence-corrected chi connectivity index (χ3v) is 9.13. The van der Waals surface area contributed by atoms with Gasteiger partial charge in [0.05, 0.1) is 32.0 Å². The number of hydrogen-bond donors (Lipinski definition) is 2. The Balaban J connectivity index is 1.17. The van der Waals surface area contributed by atoms with Gasteiger partial charge in [0.25, 0.3) is 11.5 Å². The zero-order valence-corrected chi connectivity index (χ0v) is 25.9. The lowest BCUT2D eigenvalue weighted by Gasteiger charge is -2.36. The molecule has 2 N–H and O–H groups in total. The molecule has 0 aliphatic carbocycles. The van der Waals surface area contributed by atoms with E-state index in [2.05, 4.69) is 0 Å². The first-order chi connectivity index (χ1) is 22.3. The van der Waals surface area contributed by atoms with E-state index in [0.29, 0.717) is 29.9 Å². The molecule has 2 aliphatic rings. The summed E-state index contributed by atoms with van der Waals surface area (Å²) in [4.78, 5) is 43.2. The quantitative estimate of drug-likeness (QED) is 0.273. The van der Waals surface area contributed by atoms with Gasteiger partial charge in [0.2, 0.25) is 5.91 Å². The van der Waals surface area contributed by atoms with Gasteiger partial charge in [-0.25, -0.2) is 0 Å². The van der Waals surface area contributed by atoms with Crippen LogP contribution >= 0.6 is 0 Å². The fourth-order valence-corrected chi connectivity index (χ4v) is 6.51. The first-order valence-electron chi connectivity index (χ1n) is 15.4. The van der Waals surface area contributed by atoms with Crippen LogP contribution in [-0.4, -0.2) is 51.3 Å². The van der Waals surface area contributed by atoms with Crippen LogP contribution in [0, 0.1) is 5.92 Å². The molecule has 3 aromatic carbocycles. The molecule has 0 saturated heterocycles. The van der Waals surface area contributed by atoms with E-state index in [1.54, 1.807) is 71.5 Å². The van der Waals surface area contributed by atoms with Gasteiger partial charge in [0, 0.05) is 36.3 Å². The summed E-state index contributed by atoms with van der Waals surface area (Å²) in [6.45, 7) is 2.31. The van der Waals surface area contributed by atoms with Gasteiger partial charge in [-0.15, -0.1) is 0 Å². The second-order valence-electron chi connectivity index (χ2n) is 11.8. The van der Waals surface area contributed by atoms with Crippen LogP contribution in [0.3, 0.4) is 0 Å². The Kier molecular flexibility index (Phi) is 8.62. The van der Waals surface area contributed by atoms with Crippen LogP contribution in [0.5, 0.6) is 5.75 Å². The van der Waals surface area contributed by atoms with Crippen LogP contribution in [0.15, 0.2) is 108 Å². The van der Waals surface area contributed by atoms with Crippen molar-refractivity contribution >= 4 is 17.5 Å². The Morgan fingerprint density at radius 1 is 1.00 bits per heavy atom. The van der Waals surface area contributed by atoms with E-state index in [1.807, 2.05) is 48.5 Å². The average Bonchev–Trinajstić information content (AvgIpc) is 3.30. The molecule has 3 atom stereocenters. The highest BCUT2D eigenvalue weighted by Gasteiger charge is 2.52. The highest BCUT2D eigenvalue weighted by Crippen LogP contribution is 2.45. The Morgan fingerprint density at radius 2 is 1.72 bits per heavy atom. The lowest BCUT2D eigenvalue weighted by atomic mass is 9.83. The summed E-state index contributed by atoms with van der Waals surface area (Å²) in [5, 5.41) is 22.0. The molecule has 0 spiro atoms. The van der Waals surface area contributed by atoms with Crippen molar-refractivity contribution in [3.63, 3.8) is 0 Å². The second-order valence-corrected chi connectivity index (χ2v) is 11.8. The van der Waals surface area contributed by atoms with Crippen LogP contribution in [0.25, 0.3) is 5.69 Å². The van der Waals surface area contributed by atoms with Crippen molar-refractivity contribution in [2.75, 3.05) is 18.6 Å². The largest absolute Gasteiger partial charge is 0.491 e. The lowest BCUT2D eigenvalue weighted by Crippen LogP contribution is -2.46. The molecule has 9 nitrogen and oxygen atoms in total. The molecule has 46 heavy (non-hydrogen) atoms. The number of nitrogens with zero attached hydrogens (tertiary/aromatic N) is 3. The topological polar surface area (TPSA) is 112 Å². The van der Waals surface area contributed by atoms with Crippen molar-refractivity contribution in [3.8, 4) is 11.4 Å². The van der Waals surface area contributed by atoms with Crippen LogP contribution in [0.2, 0.25) is 0 Å². The number of aliphatic hydroxyl groups excluding tert-OH is 1. The molecule has 2 amide bonds. The minimum atomic E-state index is -1.82. The van der Waals surface area contributed by atoms with Crippen molar-refractivity contribution in [2.45, 2.75) is 44.5 Å². The van der Waals surface area contributed by atoms with E-state index in [1.165, 1.54) is 11.7 Å². The zero-order valence-electron chi connectivity index (χ0n) is 25.9. The summed E-state index contributed by atoms with van der Waals surface area (Å²) >= 11 is 0. The number of fused-ring (bicyclic) bond motifs is 2. The normalized spacial score (nSPS) is 19.7. The van der Waals surface area contributed by atoms with Crippen LogP contribution in [0.1, 0.15) is 35.6 Å². The van der Waals surface area contributed by atoms with E-state index in [-0.39, 0.29) is 42.8 Å². The standard InChI is InChI=1S/C37H37N3O6/c1-25(9-7-15-34(42)39-23-28-11-4-3-10-27(28)21-30(39)24-41)37(45)31-12-5-6-13-32(31)40(36(37)44)22-26-16-18-29(19-17-26)38-20-8-14-33(46-2)35(38)43/h3-14,16-20,25,30,41,45H,15,21-24H2,1-2H3/b9-7+/t25-,30+,37+/m1/s1. The number of benzene rings is 3. The highest BCUT2D eigenvalue weighted by atomic mass is 16.5. The number of methoxy groups -OCH3 is 1. The summed E-state index contributed by atoms with van der Waals surface area (Å²) < 4.78 is 6.64. The SMILES string of the molecule is COc1cccn(-c2ccc(CN3C(=O)[C@](O)([C@H](C)/C=C/CC(=O)N4Cc5ccccc5C[C@H]4CO)c4ccccc43)cc2)c1=O. The van der Waals surface area contributed by atoms with Crippen molar-refractivity contribution in [1.29, 1.82) is 0 Å². The predicted molar refractivity (Wildman–Crippen MR) is 175 cm³/mol. The minimum absolute atomic E-state index is 0.0847. The number of aromatic nitrogens is 1. The molecule has 236 valence electrons. The van der Waals surface area contributed by atoms with Gasteiger partial charge < -0.3 is 24.7 Å². The maximum absolute atomic E-state index is 14.0. The van der Waals surface area contributed by atoms with Gasteiger partial charge in [0.1, 0.15) is 0 Å². The van der Waals surface area contributed by atoms with E-state index < -0.39 is 17.4 Å². The number of aliphatic hydroxyl groups is 2. The van der Waals surface area contributed by atoms with Gasteiger partial charge in [-0.3, -0.25) is 19.0 Å². The maximum atomic E-state index is 14.0. The number of pyridine rings is 1. The first kappa shape index (κ1) is 31.0. The van der Waals surface area contributed by atoms with Crippen LogP contribution < -0.4 is 15.2 Å². The molecule has 0 radical (unpaired) electrons. The number of para-hydroxylation sites is 1. The molecule has 2 aliphatic heterocycles. The predicted octanol–water partition coefficient (Wildman–Crippen LogP) is 4.11. The average molecular weight is 620 g/mol. The molecular formula is C37H37N3O6. The number of carbonyl (C=O) groups is 2. The van der Waals surface area contributed by atoms with Crippen molar-refractivity contribution < 1.29 is 24.5 Å². The fourth-order valence-electron chi connectivity index (χ4n) is 6.51. The van der Waals surface area contributed by atoms with Gasteiger partial charge >= 0.3 is 0 Å². The molecule has 3 heterocycles. The summed E-state index contributed by atoms with van der Waals surface area (Å²) in [6.07, 6.45) is 5.78. The third-order valence-electron chi connectivity index (χ3n) is 9.13. The fraction of sp³-hybridized carbons (Fsp3) is 0.270. The van der Waals surface area contributed by atoms with Crippen LogP contribution in [0.4, 0.5) is 5.69 Å². The van der Waals surface area contributed by atoms with E-state index in [9.17, 15) is 24.6 Å². The van der Waals surface area contributed by atoms with Crippen LogP contribution in [-0.2, 0) is 34.7 Å². The number of amides is 2. The van der Waals surface area contributed by atoms with Gasteiger partial charge in [-0.1, -0.05) is 73.7 Å². The Bertz CT molecular complexity index is 1850. The van der Waals surface area contributed by atoms with Crippen molar-refractivity contribution in [3.05, 3.63) is 136 Å². The molecule has 1 aromatic heterocycles. The summed E-state index contributed by atoms with van der Waals surface area (Å²) in [7, 11) is 1.45. The van der Waals surface area contributed by atoms with E-state index in [4.69, 9.17) is 4.74 Å². The number of ether oxygens (including phenoxy) is 1. The first-order valence-corrected chi connectivity index (χ1v) is 15.4. The molecular weight excluding hydrogens is 582 g/mol. The monoisotopic (exact) mass is 619 g/mol. The Labute approximate surface area is 267 Å². The van der Waals surface area contributed by atoms with Gasteiger partial charge in [-0.05, 0) is 53.4 Å². The zero-order chi connectivity index (χ0) is 32.4. The number of rotatable bonds is 9. The van der Waals surface area contributed by atoms with E-state index >= 15 is 0 Å². The Morgan fingerprint density at radius 3 is 2.46 bits per heavy atom. The summed E-state index contributed by atoms with van der Waals surface area (Å²) in [5.74, 6) is -0.956. The van der Waals surface area contributed by atoms with Crippen molar-refractivity contribution in [2.24, 2.45) is 5.92 Å². The smallest absolute Gasteiger partial charge is 0.297 e. The number of hydrogen-bond acceptors (Lipinski definition) is 6. The minimum Gasteiger partial charge on any atom is -0.491 e. The molecule has 0 bridgehead atoms. The van der Waals surface area contributed by atoms with Crippen molar-refractivity contribution in [1.82, 2.24) is 9.47 Å². The molecule has 0 unspecified atom stereocenters.